The van der Waals surface area contributed by atoms with Crippen LogP contribution in [0.2, 0.25) is 0 Å². The van der Waals surface area contributed by atoms with Gasteiger partial charge in [0, 0.05) is 13.6 Å². The first-order chi connectivity index (χ1) is 13.7. The van der Waals surface area contributed by atoms with Crippen LogP contribution in [0.25, 0.3) is 0 Å². The Morgan fingerprint density at radius 2 is 1.82 bits per heavy atom. The van der Waals surface area contributed by atoms with Crippen LogP contribution in [0.15, 0.2) is 41.8 Å². The normalized spacial score (nSPS) is 15.0. The first-order valence-electron chi connectivity index (χ1n) is 10.1. The zero-order valence-electron chi connectivity index (χ0n) is 16.5. The second-order valence-corrected chi connectivity index (χ2v) is 8.17. The Kier molecular flexibility index (Phi) is 7.62. The van der Waals surface area contributed by atoms with Crippen molar-refractivity contribution in [2.24, 2.45) is 0 Å². The summed E-state index contributed by atoms with van der Waals surface area (Å²) in [5, 5.41) is 4.90. The van der Waals surface area contributed by atoms with Crippen molar-refractivity contribution >= 4 is 28.8 Å². The number of anilines is 1. The molecule has 150 valence electrons. The molecule has 2 amide bonds. The zero-order valence-corrected chi connectivity index (χ0v) is 17.3. The molecule has 1 aromatic carbocycles. The first-order valence-corrected chi connectivity index (χ1v) is 11.0. The topological polar surface area (TPSA) is 52.7 Å². The quantitative estimate of drug-likeness (QED) is 0.716. The average molecular weight is 400 g/mol. The summed E-state index contributed by atoms with van der Waals surface area (Å²) in [5.74, 6) is -0.228. The van der Waals surface area contributed by atoms with Crippen LogP contribution < -0.4 is 10.2 Å². The summed E-state index contributed by atoms with van der Waals surface area (Å²) < 4.78 is 0. The fraction of sp³-hybridized carbons (Fsp3) is 0.455. The summed E-state index contributed by atoms with van der Waals surface area (Å²) in [4.78, 5) is 30.1. The third-order valence-corrected chi connectivity index (χ3v) is 6.04. The van der Waals surface area contributed by atoms with E-state index in [1.807, 2.05) is 29.6 Å². The molecule has 1 aliphatic heterocycles. The van der Waals surface area contributed by atoms with Crippen LogP contribution in [-0.4, -0.2) is 49.9 Å². The molecular weight excluding hydrogens is 370 g/mol. The second kappa shape index (κ2) is 10.4. The SMILES string of the molecule is CN(C(=O)c1cccs1)c1ccccc1C(=O)NCCCN1CCCCCC1. The number of thiophene rings is 1. The maximum Gasteiger partial charge on any atom is 0.268 e. The number of benzene rings is 1. The minimum Gasteiger partial charge on any atom is -0.352 e. The molecule has 0 atom stereocenters. The number of rotatable bonds is 7. The fourth-order valence-corrected chi connectivity index (χ4v) is 4.29. The van der Waals surface area contributed by atoms with Gasteiger partial charge in [0.25, 0.3) is 11.8 Å². The Balaban J connectivity index is 1.55. The molecule has 28 heavy (non-hydrogen) atoms. The highest BCUT2D eigenvalue weighted by atomic mass is 32.1. The van der Waals surface area contributed by atoms with Crippen LogP contribution in [0.5, 0.6) is 0 Å². The van der Waals surface area contributed by atoms with Crippen LogP contribution in [0.4, 0.5) is 5.69 Å². The van der Waals surface area contributed by atoms with Crippen molar-refractivity contribution in [2.45, 2.75) is 32.1 Å². The lowest BCUT2D eigenvalue weighted by atomic mass is 10.1. The van der Waals surface area contributed by atoms with Crippen molar-refractivity contribution in [1.82, 2.24) is 10.2 Å². The van der Waals surface area contributed by atoms with Gasteiger partial charge >= 0.3 is 0 Å². The number of likely N-dealkylation sites (tertiary alicyclic amines) is 1. The molecule has 1 aliphatic rings. The Morgan fingerprint density at radius 3 is 2.54 bits per heavy atom. The minimum absolute atomic E-state index is 0.101. The lowest BCUT2D eigenvalue weighted by molar-refractivity contribution is 0.0952. The van der Waals surface area contributed by atoms with Gasteiger partial charge < -0.3 is 15.1 Å². The molecule has 1 N–H and O–H groups in total. The van der Waals surface area contributed by atoms with E-state index in [-0.39, 0.29) is 11.8 Å². The van der Waals surface area contributed by atoms with Crippen LogP contribution in [0, 0.1) is 0 Å². The Bertz CT molecular complexity index is 768. The van der Waals surface area contributed by atoms with E-state index in [1.54, 1.807) is 24.1 Å². The molecule has 1 aromatic heterocycles. The van der Waals surface area contributed by atoms with Crippen molar-refractivity contribution in [3.8, 4) is 0 Å². The van der Waals surface area contributed by atoms with Crippen molar-refractivity contribution in [3.63, 3.8) is 0 Å². The number of nitrogens with one attached hydrogen (secondary N) is 1. The van der Waals surface area contributed by atoms with Gasteiger partial charge in [-0.25, -0.2) is 0 Å². The third-order valence-electron chi connectivity index (χ3n) is 5.18. The van der Waals surface area contributed by atoms with E-state index < -0.39 is 0 Å². The summed E-state index contributed by atoms with van der Waals surface area (Å²) >= 11 is 1.40. The lowest BCUT2D eigenvalue weighted by Crippen LogP contribution is -2.32. The Hall–Kier alpha value is -2.18. The molecular formula is C22H29N3O2S. The van der Waals surface area contributed by atoms with Gasteiger partial charge in [0.2, 0.25) is 0 Å². The highest BCUT2D eigenvalue weighted by molar-refractivity contribution is 7.12. The zero-order chi connectivity index (χ0) is 19.8. The van der Waals surface area contributed by atoms with Crippen LogP contribution in [-0.2, 0) is 0 Å². The van der Waals surface area contributed by atoms with Gasteiger partial charge in [0.15, 0.2) is 0 Å². The molecule has 2 aromatic rings. The predicted octanol–water partition coefficient (Wildman–Crippen LogP) is 4.02. The fourth-order valence-electron chi connectivity index (χ4n) is 3.59. The molecule has 0 aliphatic carbocycles. The van der Waals surface area contributed by atoms with Crippen molar-refractivity contribution < 1.29 is 9.59 Å². The van der Waals surface area contributed by atoms with Gasteiger partial charge in [-0.1, -0.05) is 31.0 Å². The van der Waals surface area contributed by atoms with Crippen molar-refractivity contribution in [1.29, 1.82) is 0 Å². The van der Waals surface area contributed by atoms with Crippen LogP contribution in [0.1, 0.15) is 52.1 Å². The van der Waals surface area contributed by atoms with Gasteiger partial charge in [0.1, 0.15) is 0 Å². The highest BCUT2D eigenvalue weighted by Crippen LogP contribution is 2.22. The van der Waals surface area contributed by atoms with Gasteiger partial charge in [-0.15, -0.1) is 11.3 Å². The van der Waals surface area contributed by atoms with E-state index in [0.717, 1.165) is 13.0 Å². The molecule has 1 saturated heterocycles. The molecule has 2 heterocycles. The van der Waals surface area contributed by atoms with Gasteiger partial charge in [-0.3, -0.25) is 9.59 Å². The van der Waals surface area contributed by atoms with Crippen LogP contribution in [0.3, 0.4) is 0 Å². The number of carbonyl (C=O) groups excluding carboxylic acids is 2. The average Bonchev–Trinajstić information content (AvgIpc) is 3.14. The van der Waals surface area contributed by atoms with E-state index in [9.17, 15) is 9.59 Å². The van der Waals surface area contributed by atoms with Gasteiger partial charge in [-0.05, 0) is 62.5 Å². The summed E-state index contributed by atoms with van der Waals surface area (Å²) in [6.07, 6.45) is 6.18. The van der Waals surface area contributed by atoms with Gasteiger partial charge in [-0.2, -0.15) is 0 Å². The number of para-hydroxylation sites is 1. The van der Waals surface area contributed by atoms with E-state index in [2.05, 4.69) is 10.2 Å². The molecule has 0 bridgehead atoms. The molecule has 6 heteroatoms. The number of nitrogens with zero attached hydrogens (tertiary/aromatic N) is 2. The highest BCUT2D eigenvalue weighted by Gasteiger charge is 2.20. The lowest BCUT2D eigenvalue weighted by Gasteiger charge is -2.21. The van der Waals surface area contributed by atoms with E-state index in [1.165, 1.54) is 50.1 Å². The number of hydrogen-bond acceptors (Lipinski definition) is 4. The van der Waals surface area contributed by atoms with Crippen LogP contribution >= 0.6 is 11.3 Å². The maximum atomic E-state index is 12.7. The van der Waals surface area contributed by atoms with Crippen molar-refractivity contribution in [2.75, 3.05) is 38.1 Å². The Morgan fingerprint density at radius 1 is 1.07 bits per heavy atom. The summed E-state index contributed by atoms with van der Waals surface area (Å²) in [6, 6.07) is 10.9. The molecule has 1 fully saturated rings. The minimum atomic E-state index is -0.128. The summed E-state index contributed by atoms with van der Waals surface area (Å²) in [6.45, 7) is 4.02. The molecule has 0 unspecified atom stereocenters. The second-order valence-electron chi connectivity index (χ2n) is 7.22. The molecule has 0 saturated carbocycles. The predicted molar refractivity (Wildman–Crippen MR) is 115 cm³/mol. The Labute approximate surface area is 171 Å². The first kappa shape index (κ1) is 20.6. The number of carbonyl (C=O) groups is 2. The monoisotopic (exact) mass is 399 g/mol. The molecule has 3 rings (SSSR count). The largest absolute Gasteiger partial charge is 0.352 e. The third kappa shape index (κ3) is 5.42. The molecule has 0 spiro atoms. The smallest absolute Gasteiger partial charge is 0.268 e. The van der Waals surface area contributed by atoms with E-state index in [0.29, 0.717) is 22.7 Å². The van der Waals surface area contributed by atoms with E-state index in [4.69, 9.17) is 0 Å². The number of amides is 2. The van der Waals surface area contributed by atoms with Crippen molar-refractivity contribution in [3.05, 3.63) is 52.2 Å². The van der Waals surface area contributed by atoms with E-state index >= 15 is 0 Å². The number of hydrogen-bond donors (Lipinski definition) is 1. The summed E-state index contributed by atoms with van der Waals surface area (Å²) in [7, 11) is 1.72. The van der Waals surface area contributed by atoms with Gasteiger partial charge in [0.05, 0.1) is 16.1 Å². The molecule has 5 nitrogen and oxygen atoms in total. The molecule has 0 radical (unpaired) electrons. The summed E-state index contributed by atoms with van der Waals surface area (Å²) in [5.41, 5.74) is 1.16. The standard InChI is InChI=1S/C22H29N3O2S/c1-24(22(27)20-12-8-17-28-20)19-11-5-4-10-18(19)21(26)23-13-9-16-25-14-6-2-3-7-15-25/h4-5,8,10-12,17H,2-3,6-7,9,13-16H2,1H3,(H,23,26). The maximum absolute atomic E-state index is 12.7.